The lowest BCUT2D eigenvalue weighted by Crippen LogP contribution is -2.07. The van der Waals surface area contributed by atoms with Gasteiger partial charge in [-0.25, -0.2) is 0 Å². The highest BCUT2D eigenvalue weighted by atomic mass is 16.5. The average molecular weight is 203 g/mol. The van der Waals surface area contributed by atoms with E-state index in [0.29, 0.717) is 0 Å². The largest absolute Gasteiger partial charge is 0.490 e. The van der Waals surface area contributed by atoms with Gasteiger partial charge < -0.3 is 4.74 Å². The summed E-state index contributed by atoms with van der Waals surface area (Å²) in [7, 11) is 0. The molecule has 1 radical (unpaired) electrons. The monoisotopic (exact) mass is 203 g/mol. The van der Waals surface area contributed by atoms with Crippen LogP contribution in [0.3, 0.4) is 0 Å². The van der Waals surface area contributed by atoms with Crippen molar-refractivity contribution in [3.8, 4) is 5.75 Å². The van der Waals surface area contributed by atoms with Crippen LogP contribution in [0.2, 0.25) is 0 Å². The summed E-state index contributed by atoms with van der Waals surface area (Å²) in [6.07, 6.45) is 2.02. The van der Waals surface area contributed by atoms with Crippen molar-refractivity contribution < 1.29 is 4.74 Å². The highest BCUT2D eigenvalue weighted by Crippen LogP contribution is 2.29. The van der Waals surface area contributed by atoms with Crippen LogP contribution in [0.1, 0.15) is 37.8 Å². The molecule has 1 unspecified atom stereocenters. The average Bonchev–Trinajstić information content (AvgIpc) is 2.16. The molecule has 0 bridgehead atoms. The fraction of sp³-hybridized carbons (Fsp3) is 0.357. The molecule has 15 heavy (non-hydrogen) atoms. The lowest BCUT2D eigenvalue weighted by Gasteiger charge is -2.17. The molecule has 0 N–H and O–H groups in total. The van der Waals surface area contributed by atoms with Crippen LogP contribution >= 0.6 is 0 Å². The van der Waals surface area contributed by atoms with Crippen LogP contribution in [0.15, 0.2) is 24.8 Å². The second-order valence-corrected chi connectivity index (χ2v) is 4.03. The van der Waals surface area contributed by atoms with E-state index in [1.165, 1.54) is 5.56 Å². The van der Waals surface area contributed by atoms with Gasteiger partial charge in [-0.2, -0.15) is 0 Å². The molecule has 0 aliphatic rings. The minimum Gasteiger partial charge on any atom is -0.490 e. The molecule has 1 heteroatoms. The van der Waals surface area contributed by atoms with Crippen molar-refractivity contribution in [2.45, 2.75) is 32.8 Å². The number of rotatable bonds is 4. The number of hydrogen-bond donors (Lipinski definition) is 0. The van der Waals surface area contributed by atoms with Crippen molar-refractivity contribution >= 4 is 6.08 Å². The van der Waals surface area contributed by atoms with Gasteiger partial charge in [-0.15, -0.1) is 0 Å². The molecule has 1 rings (SSSR count). The van der Waals surface area contributed by atoms with Gasteiger partial charge in [0.15, 0.2) is 0 Å². The second-order valence-electron chi connectivity index (χ2n) is 4.03. The summed E-state index contributed by atoms with van der Waals surface area (Å²) in [5.74, 6) is 1.14. The smallest absolute Gasteiger partial charge is 0.127 e. The van der Waals surface area contributed by atoms with E-state index in [0.717, 1.165) is 11.3 Å². The molecule has 1 atom stereocenters. The third-order valence-electron chi connectivity index (χ3n) is 2.20. The van der Waals surface area contributed by atoms with Crippen molar-refractivity contribution in [2.24, 2.45) is 0 Å². The van der Waals surface area contributed by atoms with Gasteiger partial charge in [-0.1, -0.05) is 31.7 Å². The first-order chi connectivity index (χ1) is 7.06. The Morgan fingerprint density at radius 3 is 2.40 bits per heavy atom. The van der Waals surface area contributed by atoms with Gasteiger partial charge >= 0.3 is 0 Å². The standard InChI is InChI=1S/C14H19O/c1-6-12-13(10(2)3)8-7-9-14(12)15-11(4)5/h6-11H,1-2H2,3-5H3. The van der Waals surface area contributed by atoms with Gasteiger partial charge in [-0.05, 0) is 38.3 Å². The summed E-state index contributed by atoms with van der Waals surface area (Å²) in [5.41, 5.74) is 2.25. The molecule has 81 valence electrons. The minimum atomic E-state index is 0.180. The molecule has 0 amide bonds. The van der Waals surface area contributed by atoms with Crippen molar-refractivity contribution in [2.75, 3.05) is 0 Å². The van der Waals surface area contributed by atoms with Gasteiger partial charge in [-0.3, -0.25) is 0 Å². The van der Waals surface area contributed by atoms with E-state index in [2.05, 4.69) is 26.5 Å². The van der Waals surface area contributed by atoms with E-state index in [4.69, 9.17) is 4.74 Å². The van der Waals surface area contributed by atoms with E-state index in [9.17, 15) is 0 Å². The van der Waals surface area contributed by atoms with Gasteiger partial charge in [0, 0.05) is 5.56 Å². The zero-order chi connectivity index (χ0) is 11.4. The molecule has 0 saturated carbocycles. The van der Waals surface area contributed by atoms with Crippen LogP contribution in [0.5, 0.6) is 5.75 Å². The fourth-order valence-corrected chi connectivity index (χ4v) is 1.57. The van der Waals surface area contributed by atoms with Gasteiger partial charge in [0.2, 0.25) is 0 Å². The molecule has 0 aliphatic carbocycles. The predicted molar refractivity (Wildman–Crippen MR) is 66.1 cm³/mol. The quantitative estimate of drug-likeness (QED) is 0.717. The Balaban J connectivity index is 3.16. The maximum Gasteiger partial charge on any atom is 0.127 e. The van der Waals surface area contributed by atoms with E-state index in [1.54, 1.807) is 0 Å². The molecular formula is C14H19O. The highest BCUT2D eigenvalue weighted by molar-refractivity contribution is 5.61. The number of ether oxygens (including phenoxy) is 1. The number of benzene rings is 1. The first-order valence-corrected chi connectivity index (χ1v) is 5.31. The van der Waals surface area contributed by atoms with Gasteiger partial charge in [0.1, 0.15) is 5.75 Å². The molecule has 0 spiro atoms. The third-order valence-corrected chi connectivity index (χ3v) is 2.20. The SMILES string of the molecule is [CH2]C(C)c1cccc(OC(C)C)c1C=C. The highest BCUT2D eigenvalue weighted by Gasteiger charge is 2.10. The molecule has 1 nitrogen and oxygen atoms in total. The minimum absolute atomic E-state index is 0.180. The Morgan fingerprint density at radius 1 is 1.27 bits per heavy atom. The summed E-state index contributed by atoms with van der Waals surface area (Å²) in [6, 6.07) is 6.05. The Labute approximate surface area is 92.8 Å². The molecule has 0 aromatic heterocycles. The van der Waals surface area contributed by atoms with Crippen molar-refractivity contribution in [3.05, 3.63) is 42.8 Å². The summed E-state index contributed by atoms with van der Waals surface area (Å²) in [6.45, 7) is 14.0. The zero-order valence-electron chi connectivity index (χ0n) is 9.79. The van der Waals surface area contributed by atoms with E-state index < -0.39 is 0 Å². The maximum absolute atomic E-state index is 5.73. The van der Waals surface area contributed by atoms with Crippen molar-refractivity contribution in [1.29, 1.82) is 0 Å². The number of hydrogen-bond acceptors (Lipinski definition) is 1. The normalized spacial score (nSPS) is 10.8. The molecule has 0 aliphatic heterocycles. The summed E-state index contributed by atoms with van der Waals surface area (Å²) < 4.78 is 5.73. The molecule has 1 aromatic rings. The van der Waals surface area contributed by atoms with E-state index in [1.807, 2.05) is 32.1 Å². The lowest BCUT2D eigenvalue weighted by molar-refractivity contribution is 0.241. The van der Waals surface area contributed by atoms with Crippen LogP contribution in [-0.4, -0.2) is 6.10 Å². The zero-order valence-corrected chi connectivity index (χ0v) is 9.79. The lowest BCUT2D eigenvalue weighted by atomic mass is 9.96. The summed E-state index contributed by atoms with van der Waals surface area (Å²) >= 11 is 0. The van der Waals surface area contributed by atoms with Crippen LogP contribution in [-0.2, 0) is 0 Å². The van der Waals surface area contributed by atoms with Crippen molar-refractivity contribution in [1.82, 2.24) is 0 Å². The summed E-state index contributed by atoms with van der Waals surface area (Å²) in [5, 5.41) is 0. The Bertz CT molecular complexity index is 337. The van der Waals surface area contributed by atoms with Crippen LogP contribution in [0.4, 0.5) is 0 Å². The Morgan fingerprint density at radius 2 is 1.93 bits per heavy atom. The van der Waals surface area contributed by atoms with E-state index >= 15 is 0 Å². The van der Waals surface area contributed by atoms with Crippen LogP contribution < -0.4 is 4.74 Å². The van der Waals surface area contributed by atoms with E-state index in [-0.39, 0.29) is 12.0 Å². The topological polar surface area (TPSA) is 9.23 Å². The predicted octanol–water partition coefficient (Wildman–Crippen LogP) is 4.05. The van der Waals surface area contributed by atoms with Crippen molar-refractivity contribution in [3.63, 3.8) is 0 Å². The molecular weight excluding hydrogens is 184 g/mol. The Kier molecular flexibility index (Phi) is 3.96. The fourth-order valence-electron chi connectivity index (χ4n) is 1.57. The first-order valence-electron chi connectivity index (χ1n) is 5.31. The molecule has 0 fully saturated rings. The van der Waals surface area contributed by atoms with Gasteiger partial charge in [0.05, 0.1) is 6.10 Å². The first kappa shape index (κ1) is 11.8. The molecule has 0 heterocycles. The van der Waals surface area contributed by atoms with Gasteiger partial charge in [0.25, 0.3) is 0 Å². The second kappa shape index (κ2) is 5.01. The third kappa shape index (κ3) is 2.85. The molecule has 0 saturated heterocycles. The van der Waals surface area contributed by atoms with Crippen LogP contribution in [0, 0.1) is 6.92 Å². The maximum atomic E-state index is 5.73. The Hall–Kier alpha value is -1.24. The van der Waals surface area contributed by atoms with Crippen LogP contribution in [0.25, 0.3) is 6.08 Å². The molecule has 1 aromatic carbocycles. The summed E-state index contributed by atoms with van der Waals surface area (Å²) in [4.78, 5) is 0.